The number of carbonyl (C=O) groups is 4. The van der Waals surface area contributed by atoms with Gasteiger partial charge in [0.05, 0.1) is 26.4 Å². The molecular formula is C79H154O17P2. The maximum atomic E-state index is 13.1. The van der Waals surface area contributed by atoms with Crippen molar-refractivity contribution in [1.82, 2.24) is 0 Å². The predicted molar refractivity (Wildman–Crippen MR) is 400 cm³/mol. The fourth-order valence-corrected chi connectivity index (χ4v) is 13.6. The van der Waals surface area contributed by atoms with Gasteiger partial charge in [0.1, 0.15) is 19.3 Å². The molecule has 0 amide bonds. The molecular weight excluding hydrogens is 1280 g/mol. The highest BCUT2D eigenvalue weighted by molar-refractivity contribution is 7.47. The Bertz CT molecular complexity index is 1920. The third kappa shape index (κ3) is 69.8. The summed E-state index contributed by atoms with van der Waals surface area (Å²) in [6.07, 6.45) is 54.5. The summed E-state index contributed by atoms with van der Waals surface area (Å²) in [4.78, 5) is 72.8. The van der Waals surface area contributed by atoms with Gasteiger partial charge in [-0.3, -0.25) is 37.3 Å². The van der Waals surface area contributed by atoms with Gasteiger partial charge < -0.3 is 33.8 Å². The van der Waals surface area contributed by atoms with Crippen LogP contribution in [0.15, 0.2) is 0 Å². The van der Waals surface area contributed by atoms with Gasteiger partial charge in [-0.25, -0.2) is 9.13 Å². The normalized spacial score (nSPS) is 14.6. The number of phosphoric acid groups is 2. The average Bonchev–Trinajstić information content (AvgIpc) is 1.06. The van der Waals surface area contributed by atoms with Crippen LogP contribution in [-0.4, -0.2) is 96.7 Å². The molecule has 0 radical (unpaired) electrons. The maximum Gasteiger partial charge on any atom is 0.472 e. The van der Waals surface area contributed by atoms with Gasteiger partial charge in [-0.05, 0) is 49.4 Å². The van der Waals surface area contributed by atoms with E-state index in [4.69, 9.17) is 37.0 Å². The highest BCUT2D eigenvalue weighted by Gasteiger charge is 2.30. The standard InChI is InChI=1S/C79H154O17P2/c1-9-71(7)57-49-41-32-28-24-20-15-13-11-12-14-16-22-26-30-34-45-53-61-78(83)95-74(66-90-77(82)60-52-44-38-36-42-50-58-72(8)10-2)67-93-97(85,86)91-63-73(80)64-92-98(87,88)94-68-75(96-79(84)62-54-46-37-35-40-48-56-70(5)6)65-89-76(81)59-51-43-33-29-25-21-18-17-19-23-27-31-39-47-55-69(3)4/h69-75,80H,9-68H2,1-8H3,(H,85,86)(H,87,88)/t71?,72?,73-,74+,75+/m0/s1. The van der Waals surface area contributed by atoms with E-state index in [1.807, 2.05) is 0 Å². The van der Waals surface area contributed by atoms with Crippen molar-refractivity contribution in [1.29, 1.82) is 0 Å². The zero-order valence-corrected chi connectivity index (χ0v) is 66.2. The second kappa shape index (κ2) is 68.2. The first-order valence-corrected chi connectivity index (χ1v) is 43.8. The van der Waals surface area contributed by atoms with Gasteiger partial charge in [-0.15, -0.1) is 0 Å². The molecule has 0 aliphatic heterocycles. The third-order valence-corrected chi connectivity index (χ3v) is 20.9. The highest BCUT2D eigenvalue weighted by atomic mass is 31.2. The number of ether oxygens (including phenoxy) is 4. The summed E-state index contributed by atoms with van der Waals surface area (Å²) in [5.41, 5.74) is 0. The van der Waals surface area contributed by atoms with Crippen molar-refractivity contribution in [2.75, 3.05) is 39.6 Å². The van der Waals surface area contributed by atoms with E-state index in [1.54, 1.807) is 0 Å². The molecule has 0 saturated carbocycles. The summed E-state index contributed by atoms with van der Waals surface area (Å²) in [7, 11) is -9.91. The molecule has 17 nitrogen and oxygen atoms in total. The van der Waals surface area contributed by atoms with Crippen LogP contribution in [0.3, 0.4) is 0 Å². The van der Waals surface area contributed by atoms with Gasteiger partial charge in [-0.2, -0.15) is 0 Å². The summed E-state index contributed by atoms with van der Waals surface area (Å²) in [6, 6.07) is 0. The van der Waals surface area contributed by atoms with Crippen LogP contribution in [-0.2, 0) is 65.4 Å². The van der Waals surface area contributed by atoms with Crippen LogP contribution in [0.2, 0.25) is 0 Å². The molecule has 0 rings (SSSR count). The Morgan fingerprint density at radius 2 is 0.490 bits per heavy atom. The van der Waals surface area contributed by atoms with Crippen LogP contribution >= 0.6 is 15.6 Å². The van der Waals surface area contributed by atoms with Gasteiger partial charge >= 0.3 is 39.5 Å². The lowest BCUT2D eigenvalue weighted by Crippen LogP contribution is -2.30. The predicted octanol–water partition coefficient (Wildman–Crippen LogP) is 23.2. The van der Waals surface area contributed by atoms with Crippen molar-refractivity contribution < 1.29 is 80.2 Å². The topological polar surface area (TPSA) is 237 Å². The number of phosphoric ester groups is 2. The minimum absolute atomic E-state index is 0.102. The Morgan fingerprint density at radius 1 is 0.286 bits per heavy atom. The Labute approximate surface area is 600 Å². The van der Waals surface area contributed by atoms with Crippen LogP contribution in [0.1, 0.15) is 402 Å². The Balaban J connectivity index is 5.13. The number of esters is 4. The molecule has 3 N–H and O–H groups in total. The van der Waals surface area contributed by atoms with E-state index in [0.717, 1.165) is 114 Å². The molecule has 4 unspecified atom stereocenters. The van der Waals surface area contributed by atoms with Crippen LogP contribution in [0.5, 0.6) is 0 Å². The summed E-state index contributed by atoms with van der Waals surface area (Å²) in [6.45, 7) is 14.2. The SMILES string of the molecule is CCC(C)CCCCCCCCCCCCCCCCCCCCC(=O)O[C@H](COC(=O)CCCCCCCCC(C)CC)COP(=O)(O)OC[C@H](O)COP(=O)(O)OC[C@@H](COC(=O)CCCCCCCCCCCCCCCCC(C)C)OC(=O)CCCCCCCCC(C)C. The number of unbranched alkanes of at least 4 members (excludes halogenated alkanes) is 40. The zero-order valence-electron chi connectivity index (χ0n) is 64.4. The molecule has 0 heterocycles. The van der Waals surface area contributed by atoms with Crippen LogP contribution in [0, 0.1) is 23.7 Å². The molecule has 0 saturated heterocycles. The molecule has 0 bridgehead atoms. The number of carbonyl (C=O) groups excluding carboxylic acids is 4. The second-order valence-corrected chi connectivity index (χ2v) is 32.8. The largest absolute Gasteiger partial charge is 0.472 e. The van der Waals surface area contributed by atoms with Gasteiger partial charge in [0.25, 0.3) is 0 Å². The number of rotatable bonds is 76. The van der Waals surface area contributed by atoms with Crippen LogP contribution in [0.25, 0.3) is 0 Å². The van der Waals surface area contributed by atoms with Gasteiger partial charge in [0, 0.05) is 25.7 Å². The van der Waals surface area contributed by atoms with Crippen molar-refractivity contribution in [2.24, 2.45) is 23.7 Å². The van der Waals surface area contributed by atoms with Crippen LogP contribution in [0.4, 0.5) is 0 Å². The van der Waals surface area contributed by atoms with Gasteiger partial charge in [0.15, 0.2) is 12.2 Å². The zero-order chi connectivity index (χ0) is 72.4. The van der Waals surface area contributed by atoms with E-state index < -0.39 is 97.5 Å². The monoisotopic (exact) mass is 1440 g/mol. The smallest absolute Gasteiger partial charge is 0.462 e. The van der Waals surface area contributed by atoms with E-state index in [2.05, 4.69) is 55.4 Å². The first-order chi connectivity index (χ1) is 47.2. The molecule has 7 atom stereocenters. The van der Waals surface area contributed by atoms with E-state index in [9.17, 15) is 43.2 Å². The van der Waals surface area contributed by atoms with Crippen LogP contribution < -0.4 is 0 Å². The van der Waals surface area contributed by atoms with Crippen molar-refractivity contribution in [2.45, 2.75) is 420 Å². The fraction of sp³-hybridized carbons (Fsp3) is 0.949. The minimum Gasteiger partial charge on any atom is -0.462 e. The third-order valence-electron chi connectivity index (χ3n) is 19.0. The number of hydrogen-bond donors (Lipinski definition) is 3. The molecule has 0 aliphatic carbocycles. The minimum atomic E-state index is -4.96. The first kappa shape index (κ1) is 96.1. The molecule has 0 aromatic rings. The summed E-state index contributed by atoms with van der Waals surface area (Å²) in [5, 5.41) is 10.6. The molecule has 0 spiro atoms. The lowest BCUT2D eigenvalue weighted by Gasteiger charge is -2.21. The molecule has 0 aromatic carbocycles. The molecule has 582 valence electrons. The Morgan fingerprint density at radius 3 is 0.724 bits per heavy atom. The van der Waals surface area contributed by atoms with E-state index in [0.29, 0.717) is 31.6 Å². The quantitative estimate of drug-likeness (QED) is 0.0222. The number of hydrogen-bond acceptors (Lipinski definition) is 15. The maximum absolute atomic E-state index is 13.1. The molecule has 98 heavy (non-hydrogen) atoms. The van der Waals surface area contributed by atoms with Crippen molar-refractivity contribution in [3.05, 3.63) is 0 Å². The molecule has 19 heteroatoms. The molecule has 0 aromatic heterocycles. The van der Waals surface area contributed by atoms with Crippen molar-refractivity contribution in [3.63, 3.8) is 0 Å². The highest BCUT2D eigenvalue weighted by Crippen LogP contribution is 2.45. The van der Waals surface area contributed by atoms with E-state index in [1.165, 1.54) is 199 Å². The summed E-state index contributed by atoms with van der Waals surface area (Å²) >= 11 is 0. The number of aliphatic hydroxyl groups is 1. The average molecular weight is 1440 g/mol. The van der Waals surface area contributed by atoms with E-state index in [-0.39, 0.29) is 25.7 Å². The van der Waals surface area contributed by atoms with Crippen molar-refractivity contribution in [3.8, 4) is 0 Å². The fourth-order valence-electron chi connectivity index (χ4n) is 12.0. The number of aliphatic hydroxyl groups excluding tert-OH is 1. The van der Waals surface area contributed by atoms with Gasteiger partial charge in [-0.1, -0.05) is 351 Å². The Kier molecular flexibility index (Phi) is 66.8. The lowest BCUT2D eigenvalue weighted by molar-refractivity contribution is -0.161. The Hall–Kier alpha value is -1.94. The molecule has 0 fully saturated rings. The summed E-state index contributed by atoms with van der Waals surface area (Å²) in [5.74, 6) is 0.947. The molecule has 0 aliphatic rings. The lowest BCUT2D eigenvalue weighted by atomic mass is 9.99. The second-order valence-electron chi connectivity index (χ2n) is 29.9. The summed E-state index contributed by atoms with van der Waals surface area (Å²) < 4.78 is 68.5. The van der Waals surface area contributed by atoms with E-state index >= 15 is 0 Å². The van der Waals surface area contributed by atoms with Crippen molar-refractivity contribution >= 4 is 39.5 Å². The first-order valence-electron chi connectivity index (χ1n) is 40.8. The van der Waals surface area contributed by atoms with Gasteiger partial charge in [0.2, 0.25) is 0 Å².